The largest absolute Gasteiger partial charge is 0.487 e. The van der Waals surface area contributed by atoms with E-state index in [0.29, 0.717) is 114 Å². The maximum absolute atomic E-state index is 13.5. The Hall–Kier alpha value is -6.00. The van der Waals surface area contributed by atoms with Gasteiger partial charge in [-0.05, 0) is 158 Å². The van der Waals surface area contributed by atoms with Crippen LogP contribution in [0.15, 0.2) is 133 Å². The molecular weight excluding hydrogens is 929 g/mol. The van der Waals surface area contributed by atoms with Crippen molar-refractivity contribution in [3.05, 3.63) is 190 Å². The van der Waals surface area contributed by atoms with Gasteiger partial charge in [-0.3, -0.25) is 9.80 Å². The van der Waals surface area contributed by atoms with Crippen molar-refractivity contribution >= 4 is 0 Å². The molecule has 0 saturated carbocycles. The lowest BCUT2D eigenvalue weighted by Gasteiger charge is -2.35. The van der Waals surface area contributed by atoms with Crippen LogP contribution in [0.2, 0.25) is 0 Å². The highest BCUT2D eigenvalue weighted by atomic mass is 19.1. The molecule has 10 rings (SSSR count). The molecule has 380 valence electrons. The van der Waals surface area contributed by atoms with Gasteiger partial charge in [0.25, 0.3) is 0 Å². The van der Waals surface area contributed by atoms with Crippen LogP contribution in [0.1, 0.15) is 59.1 Å². The second-order valence-corrected chi connectivity index (χ2v) is 19.4. The summed E-state index contributed by atoms with van der Waals surface area (Å²) in [6.45, 7) is 2.25. The van der Waals surface area contributed by atoms with Crippen molar-refractivity contribution < 1.29 is 56.9 Å². The number of nitrogens with zero attached hydrogens (tertiary/aromatic N) is 2. The van der Waals surface area contributed by atoms with Gasteiger partial charge in [0, 0.05) is 39.3 Å². The van der Waals surface area contributed by atoms with E-state index < -0.39 is 48.8 Å². The van der Waals surface area contributed by atoms with Crippen molar-refractivity contribution in [2.45, 2.75) is 113 Å². The molecular formula is C58H62F4N2O8. The fourth-order valence-electron chi connectivity index (χ4n) is 10.2. The van der Waals surface area contributed by atoms with E-state index in [-0.39, 0.29) is 23.3 Å². The molecule has 14 heteroatoms. The molecule has 10 nitrogen and oxygen atoms in total. The summed E-state index contributed by atoms with van der Waals surface area (Å²) in [6.07, 6.45) is -0.0334. The fraction of sp³-hybridized carbons (Fsp3) is 0.379. The summed E-state index contributed by atoms with van der Waals surface area (Å²) in [5.41, 5.74) is 5.36. The molecule has 0 aliphatic carbocycles. The number of aliphatic hydroxyl groups is 4. The SMILES string of the molecule is O[C@H](CN(Cc1ccccc1)C[C@@H](O)[C@@H]1CCc2cc(F)ccc2O1)C1CCc2cc(F)ccc2O1.O[C@H](CN(Cc1ccccc1)C[C@@H](O)[C@@H]1CCc2cc(F)ccc2O1)C1CCc2cc(F)ccc2O1. The predicted octanol–water partition coefficient (Wildman–Crippen LogP) is 8.55. The van der Waals surface area contributed by atoms with Crippen LogP contribution in [0.4, 0.5) is 17.6 Å². The van der Waals surface area contributed by atoms with Crippen LogP contribution in [0.5, 0.6) is 23.0 Å². The molecule has 4 N–H and O–H groups in total. The molecule has 2 unspecified atom stereocenters. The first-order valence-electron chi connectivity index (χ1n) is 24.9. The Kier molecular flexibility index (Phi) is 16.8. The maximum atomic E-state index is 13.5. The van der Waals surface area contributed by atoms with Gasteiger partial charge in [-0.25, -0.2) is 17.6 Å². The van der Waals surface area contributed by atoms with Crippen molar-refractivity contribution in [3.63, 3.8) is 0 Å². The zero-order valence-electron chi connectivity index (χ0n) is 40.0. The average molecular weight is 991 g/mol. The van der Waals surface area contributed by atoms with E-state index >= 15 is 0 Å². The molecule has 0 fully saturated rings. The molecule has 4 heterocycles. The van der Waals surface area contributed by atoms with E-state index in [0.717, 1.165) is 33.4 Å². The average Bonchev–Trinajstić information content (AvgIpc) is 3.38. The molecule has 0 aromatic heterocycles. The molecule has 0 amide bonds. The second kappa shape index (κ2) is 23.7. The Balaban J connectivity index is 0.000000178. The third-order valence-corrected chi connectivity index (χ3v) is 14.0. The quantitative estimate of drug-likeness (QED) is 0.0702. The Morgan fingerprint density at radius 2 is 0.625 bits per heavy atom. The molecule has 6 aromatic rings. The zero-order valence-corrected chi connectivity index (χ0v) is 40.0. The van der Waals surface area contributed by atoms with E-state index in [1.54, 1.807) is 24.3 Å². The summed E-state index contributed by atoms with van der Waals surface area (Å²) in [6, 6.07) is 37.6. The van der Waals surface area contributed by atoms with Crippen molar-refractivity contribution in [2.24, 2.45) is 0 Å². The number of aliphatic hydroxyl groups excluding tert-OH is 4. The summed E-state index contributed by atoms with van der Waals surface area (Å²) in [5.74, 6) is 1.24. The summed E-state index contributed by atoms with van der Waals surface area (Å²) in [4.78, 5) is 4.02. The first-order chi connectivity index (χ1) is 34.9. The number of aryl methyl sites for hydroxylation is 4. The summed E-state index contributed by atoms with van der Waals surface area (Å²) in [5, 5.41) is 44.4. The number of hydrogen-bond acceptors (Lipinski definition) is 10. The summed E-state index contributed by atoms with van der Waals surface area (Å²) in [7, 11) is 0. The first-order valence-corrected chi connectivity index (χ1v) is 24.9. The predicted molar refractivity (Wildman–Crippen MR) is 264 cm³/mol. The van der Waals surface area contributed by atoms with E-state index in [2.05, 4.69) is 0 Å². The van der Waals surface area contributed by atoms with Gasteiger partial charge in [0.05, 0.1) is 0 Å². The molecule has 4 aliphatic rings. The summed E-state index contributed by atoms with van der Waals surface area (Å²) < 4.78 is 78.2. The van der Waals surface area contributed by atoms with Crippen molar-refractivity contribution in [2.75, 3.05) is 26.2 Å². The number of ether oxygens (including phenoxy) is 4. The minimum Gasteiger partial charge on any atom is -0.487 e. The standard InChI is InChI=1S/2C29H31F2NO4/c2*30-22-8-12-26-20(14-22)6-10-28(35-26)24(33)17-32(16-19-4-2-1-3-5-19)18-25(34)29-11-7-21-15-23(31)9-13-27(21)36-29/h2*1-5,8-9,12-15,24-25,28-29,33-34H,6-7,10-11,16-18H2/t2*24-,25-,28+,29?/m11/s1. The van der Waals surface area contributed by atoms with Gasteiger partial charge >= 0.3 is 0 Å². The minimum atomic E-state index is -0.796. The topological polar surface area (TPSA) is 124 Å². The number of benzene rings is 6. The molecule has 6 aromatic carbocycles. The molecule has 0 saturated heterocycles. The molecule has 4 aliphatic heterocycles. The number of halogens is 4. The van der Waals surface area contributed by atoms with Crippen molar-refractivity contribution in [1.29, 1.82) is 0 Å². The Morgan fingerprint density at radius 1 is 0.375 bits per heavy atom. The van der Waals surface area contributed by atoms with Crippen LogP contribution < -0.4 is 18.9 Å². The second-order valence-electron chi connectivity index (χ2n) is 19.4. The fourth-order valence-corrected chi connectivity index (χ4v) is 10.2. The third-order valence-electron chi connectivity index (χ3n) is 14.0. The zero-order chi connectivity index (χ0) is 50.1. The van der Waals surface area contributed by atoms with Gasteiger partial charge in [0.15, 0.2) is 0 Å². The number of rotatable bonds is 16. The van der Waals surface area contributed by atoms with E-state index in [9.17, 15) is 38.0 Å². The number of fused-ring (bicyclic) bond motifs is 4. The Bertz CT molecular complexity index is 2390. The molecule has 0 bridgehead atoms. The van der Waals surface area contributed by atoms with Crippen LogP contribution in [-0.4, -0.2) is 105 Å². The maximum Gasteiger partial charge on any atom is 0.126 e. The van der Waals surface area contributed by atoms with Gasteiger partial charge in [0.1, 0.15) is 95.1 Å². The Morgan fingerprint density at radius 3 is 0.875 bits per heavy atom. The Labute approximate surface area is 418 Å². The van der Waals surface area contributed by atoms with Crippen LogP contribution in [0.25, 0.3) is 0 Å². The first kappa shape index (κ1) is 50.9. The van der Waals surface area contributed by atoms with Crippen molar-refractivity contribution in [1.82, 2.24) is 9.80 Å². The molecule has 72 heavy (non-hydrogen) atoms. The highest BCUT2D eigenvalue weighted by Crippen LogP contribution is 2.34. The van der Waals surface area contributed by atoms with Crippen molar-refractivity contribution in [3.8, 4) is 23.0 Å². The van der Waals surface area contributed by atoms with E-state index in [1.807, 2.05) is 70.5 Å². The lowest BCUT2D eigenvalue weighted by Crippen LogP contribution is -2.48. The number of hydrogen-bond donors (Lipinski definition) is 4. The molecule has 0 radical (unpaired) electrons. The molecule has 8 atom stereocenters. The summed E-state index contributed by atoms with van der Waals surface area (Å²) >= 11 is 0. The minimum absolute atomic E-state index is 0.293. The van der Waals surface area contributed by atoms with Gasteiger partial charge in [-0.2, -0.15) is 0 Å². The van der Waals surface area contributed by atoms with E-state index in [1.165, 1.54) is 48.5 Å². The normalized spacial score (nSPS) is 20.6. The van der Waals surface area contributed by atoms with Gasteiger partial charge in [-0.1, -0.05) is 60.7 Å². The van der Waals surface area contributed by atoms with Gasteiger partial charge in [-0.15, -0.1) is 0 Å². The van der Waals surface area contributed by atoms with E-state index in [4.69, 9.17) is 18.9 Å². The molecule has 0 spiro atoms. The van der Waals surface area contributed by atoms with Gasteiger partial charge in [0.2, 0.25) is 0 Å². The van der Waals surface area contributed by atoms with Gasteiger partial charge < -0.3 is 39.4 Å². The third kappa shape index (κ3) is 13.3. The highest BCUT2D eigenvalue weighted by molar-refractivity contribution is 5.39. The highest BCUT2D eigenvalue weighted by Gasteiger charge is 2.34. The van der Waals surface area contributed by atoms with Crippen LogP contribution in [0.3, 0.4) is 0 Å². The monoisotopic (exact) mass is 990 g/mol. The van der Waals surface area contributed by atoms with Crippen LogP contribution in [-0.2, 0) is 38.8 Å². The smallest absolute Gasteiger partial charge is 0.126 e. The van der Waals surface area contributed by atoms with Crippen LogP contribution in [0, 0.1) is 23.3 Å². The lowest BCUT2D eigenvalue weighted by molar-refractivity contribution is -0.0296. The van der Waals surface area contributed by atoms with Crippen LogP contribution >= 0.6 is 0 Å². The lowest BCUT2D eigenvalue weighted by atomic mass is 9.97.